The van der Waals surface area contributed by atoms with E-state index in [-0.39, 0.29) is 5.84 Å². The fourth-order valence-electron chi connectivity index (χ4n) is 2.14. The zero-order valence-electron chi connectivity index (χ0n) is 12.3. The zero-order valence-corrected chi connectivity index (χ0v) is 12.3. The van der Waals surface area contributed by atoms with Gasteiger partial charge >= 0.3 is 0 Å². The van der Waals surface area contributed by atoms with Gasteiger partial charge in [0.2, 0.25) is 5.95 Å². The van der Waals surface area contributed by atoms with Crippen molar-refractivity contribution in [1.82, 2.24) is 9.66 Å². The van der Waals surface area contributed by atoms with Crippen molar-refractivity contribution in [2.75, 3.05) is 5.73 Å². The molecule has 0 aliphatic rings. The highest BCUT2D eigenvalue weighted by Gasteiger charge is 2.05. The molecule has 6 heteroatoms. The minimum Gasteiger partial charge on any atom is -0.384 e. The maximum Gasteiger partial charge on any atom is 0.221 e. The first-order valence-corrected chi connectivity index (χ1v) is 7.02. The number of nitrogens with zero attached hydrogens (tertiary/aromatic N) is 3. The second-order valence-electron chi connectivity index (χ2n) is 4.98. The Balaban J connectivity index is 1.87. The van der Waals surface area contributed by atoms with Gasteiger partial charge in [0.15, 0.2) is 0 Å². The lowest BCUT2D eigenvalue weighted by Gasteiger charge is -1.99. The minimum atomic E-state index is 0.0220. The summed E-state index contributed by atoms with van der Waals surface area (Å²) in [6.45, 7) is 0. The van der Waals surface area contributed by atoms with Crippen LogP contribution in [0.4, 0.5) is 5.95 Å². The summed E-state index contributed by atoms with van der Waals surface area (Å²) < 4.78 is 1.52. The number of hydrogen-bond donors (Lipinski definition) is 3. The van der Waals surface area contributed by atoms with Crippen LogP contribution < -0.4 is 11.5 Å². The highest BCUT2D eigenvalue weighted by atomic mass is 15.4. The number of imidazole rings is 1. The molecule has 2 aromatic carbocycles. The fraction of sp³-hybridized carbons (Fsp3) is 0. The SMILES string of the molecule is N=C(N)c1cccc(/C=N/n2cc(-c3ccccc3)nc2N)c1. The van der Waals surface area contributed by atoms with Gasteiger partial charge in [0.25, 0.3) is 0 Å². The van der Waals surface area contributed by atoms with Gasteiger partial charge in [-0.1, -0.05) is 48.5 Å². The molecule has 0 aliphatic carbocycles. The number of hydrogen-bond acceptors (Lipinski definition) is 4. The summed E-state index contributed by atoms with van der Waals surface area (Å²) >= 11 is 0. The first kappa shape index (κ1) is 14.5. The average Bonchev–Trinajstić information content (AvgIpc) is 2.95. The summed E-state index contributed by atoms with van der Waals surface area (Å²) in [5, 5.41) is 11.8. The van der Waals surface area contributed by atoms with Crippen LogP contribution in [-0.2, 0) is 0 Å². The number of nitrogens with two attached hydrogens (primary N) is 2. The molecule has 1 aromatic heterocycles. The molecule has 0 aliphatic heterocycles. The molecule has 0 unspecified atom stereocenters. The van der Waals surface area contributed by atoms with Gasteiger partial charge in [0.1, 0.15) is 5.84 Å². The second kappa shape index (κ2) is 6.15. The van der Waals surface area contributed by atoms with E-state index in [9.17, 15) is 0 Å². The van der Waals surface area contributed by atoms with E-state index in [0.29, 0.717) is 11.5 Å². The molecule has 23 heavy (non-hydrogen) atoms. The van der Waals surface area contributed by atoms with Crippen molar-refractivity contribution in [1.29, 1.82) is 5.41 Å². The Morgan fingerprint density at radius 3 is 2.65 bits per heavy atom. The van der Waals surface area contributed by atoms with Crippen molar-refractivity contribution < 1.29 is 0 Å². The molecule has 5 N–H and O–H groups in total. The Morgan fingerprint density at radius 2 is 1.91 bits per heavy atom. The van der Waals surface area contributed by atoms with Crippen LogP contribution >= 0.6 is 0 Å². The van der Waals surface area contributed by atoms with Gasteiger partial charge in [0, 0.05) is 11.1 Å². The minimum absolute atomic E-state index is 0.0220. The van der Waals surface area contributed by atoms with Gasteiger partial charge in [0.05, 0.1) is 18.1 Å². The summed E-state index contributed by atoms with van der Waals surface area (Å²) in [5.74, 6) is 0.330. The summed E-state index contributed by atoms with van der Waals surface area (Å²) in [4.78, 5) is 4.31. The Labute approximate surface area is 133 Å². The lowest BCUT2D eigenvalue weighted by Crippen LogP contribution is -2.11. The van der Waals surface area contributed by atoms with E-state index in [2.05, 4.69) is 10.1 Å². The standard InChI is InChI=1S/C17H16N6/c18-16(19)14-8-4-5-12(9-14)10-21-23-11-15(22-17(23)20)13-6-2-1-3-7-13/h1-11H,(H3,18,19)(H2,20,22)/b21-10+. The van der Waals surface area contributed by atoms with Crippen molar-refractivity contribution in [2.45, 2.75) is 0 Å². The van der Waals surface area contributed by atoms with E-state index in [1.165, 1.54) is 4.68 Å². The smallest absolute Gasteiger partial charge is 0.221 e. The van der Waals surface area contributed by atoms with E-state index in [0.717, 1.165) is 16.8 Å². The lowest BCUT2D eigenvalue weighted by atomic mass is 10.1. The highest BCUT2D eigenvalue weighted by molar-refractivity contribution is 5.96. The van der Waals surface area contributed by atoms with E-state index >= 15 is 0 Å². The van der Waals surface area contributed by atoms with Crippen LogP contribution in [-0.4, -0.2) is 21.7 Å². The normalized spacial score (nSPS) is 11.0. The van der Waals surface area contributed by atoms with Crippen molar-refractivity contribution in [3.63, 3.8) is 0 Å². The summed E-state index contributed by atoms with van der Waals surface area (Å²) in [7, 11) is 0. The van der Waals surface area contributed by atoms with E-state index in [1.807, 2.05) is 42.5 Å². The van der Waals surface area contributed by atoms with Gasteiger partial charge in [-0.25, -0.2) is 9.66 Å². The molecule has 0 spiro atoms. The molecule has 0 atom stereocenters. The van der Waals surface area contributed by atoms with Gasteiger partial charge < -0.3 is 11.5 Å². The molecule has 0 fully saturated rings. The quantitative estimate of drug-likeness (QED) is 0.508. The molecule has 114 valence electrons. The summed E-state index contributed by atoms with van der Waals surface area (Å²) in [6, 6.07) is 17.0. The monoisotopic (exact) mass is 304 g/mol. The van der Waals surface area contributed by atoms with Crippen LogP contribution in [0.2, 0.25) is 0 Å². The molecule has 0 radical (unpaired) electrons. The molecule has 6 nitrogen and oxygen atoms in total. The lowest BCUT2D eigenvalue weighted by molar-refractivity contribution is 0.898. The van der Waals surface area contributed by atoms with Gasteiger partial charge in [-0.2, -0.15) is 5.10 Å². The largest absolute Gasteiger partial charge is 0.384 e. The van der Waals surface area contributed by atoms with Crippen molar-refractivity contribution in [2.24, 2.45) is 10.8 Å². The Kier molecular flexibility index (Phi) is 3.88. The van der Waals surface area contributed by atoms with E-state index in [1.54, 1.807) is 24.5 Å². The van der Waals surface area contributed by atoms with Crippen molar-refractivity contribution in [3.05, 3.63) is 71.9 Å². The third-order valence-electron chi connectivity index (χ3n) is 3.31. The topological polar surface area (TPSA) is 106 Å². The molecule has 1 heterocycles. The molecule has 0 amide bonds. The van der Waals surface area contributed by atoms with E-state index in [4.69, 9.17) is 16.9 Å². The molecular formula is C17H16N6. The van der Waals surface area contributed by atoms with Crippen LogP contribution in [0.3, 0.4) is 0 Å². The first-order valence-electron chi connectivity index (χ1n) is 7.02. The number of aromatic nitrogens is 2. The van der Waals surface area contributed by atoms with Gasteiger partial charge in [-0.05, 0) is 11.6 Å². The second-order valence-corrected chi connectivity index (χ2v) is 4.98. The maximum atomic E-state index is 7.46. The number of rotatable bonds is 4. The van der Waals surface area contributed by atoms with Gasteiger partial charge in [-0.3, -0.25) is 5.41 Å². The third-order valence-corrected chi connectivity index (χ3v) is 3.31. The van der Waals surface area contributed by atoms with Crippen LogP contribution in [0, 0.1) is 5.41 Å². The summed E-state index contributed by atoms with van der Waals surface area (Å²) in [6.07, 6.45) is 3.43. The number of benzene rings is 2. The van der Waals surface area contributed by atoms with Crippen LogP contribution in [0.5, 0.6) is 0 Å². The molecule has 0 bridgehead atoms. The number of anilines is 1. The van der Waals surface area contributed by atoms with Crippen LogP contribution in [0.25, 0.3) is 11.3 Å². The third kappa shape index (κ3) is 3.26. The molecule has 0 saturated heterocycles. The Bertz CT molecular complexity index is 864. The molecule has 3 aromatic rings. The Morgan fingerprint density at radius 1 is 1.13 bits per heavy atom. The van der Waals surface area contributed by atoms with E-state index < -0.39 is 0 Å². The Hall–Kier alpha value is -3.41. The number of nitrogen functional groups attached to an aromatic ring is 2. The first-order chi connectivity index (χ1) is 11.1. The average molecular weight is 304 g/mol. The van der Waals surface area contributed by atoms with Crippen molar-refractivity contribution in [3.8, 4) is 11.3 Å². The van der Waals surface area contributed by atoms with Crippen molar-refractivity contribution >= 4 is 18.0 Å². The zero-order chi connectivity index (χ0) is 16.2. The molecule has 3 rings (SSSR count). The fourth-order valence-corrected chi connectivity index (χ4v) is 2.14. The van der Waals surface area contributed by atoms with Crippen LogP contribution in [0.1, 0.15) is 11.1 Å². The number of nitrogens with one attached hydrogen (secondary N) is 1. The predicted molar refractivity (Wildman–Crippen MR) is 92.5 cm³/mol. The van der Waals surface area contributed by atoms with Gasteiger partial charge in [-0.15, -0.1) is 0 Å². The molecular weight excluding hydrogens is 288 g/mol. The summed E-state index contributed by atoms with van der Waals surface area (Å²) in [5.41, 5.74) is 14.6. The van der Waals surface area contributed by atoms with Crippen LogP contribution in [0.15, 0.2) is 65.9 Å². The predicted octanol–water partition coefficient (Wildman–Crippen LogP) is 2.30. The number of amidine groups is 1. The maximum absolute atomic E-state index is 7.46. The highest BCUT2D eigenvalue weighted by Crippen LogP contribution is 2.19. The molecule has 0 saturated carbocycles.